The Morgan fingerprint density at radius 3 is 2.63 bits per heavy atom. The normalized spacial score (nSPS) is 14.4. The van der Waals surface area contributed by atoms with Crippen molar-refractivity contribution in [1.29, 1.82) is 0 Å². The second-order valence-corrected chi connectivity index (χ2v) is 8.68. The van der Waals surface area contributed by atoms with Crippen molar-refractivity contribution < 1.29 is 14.3 Å². The summed E-state index contributed by atoms with van der Waals surface area (Å²) in [6.07, 6.45) is 2.29. The van der Waals surface area contributed by atoms with Crippen molar-refractivity contribution in [2.75, 3.05) is 14.2 Å². The van der Waals surface area contributed by atoms with Gasteiger partial charge in [-0.25, -0.2) is 9.97 Å². The molecule has 1 fully saturated rings. The number of nitrogens with zero attached hydrogens (tertiary/aromatic N) is 2. The Bertz CT molecular complexity index is 1070. The van der Waals surface area contributed by atoms with Crippen molar-refractivity contribution in [2.45, 2.75) is 42.5 Å². The number of hydrogen-bond acceptors (Lipinski definition) is 6. The molecule has 1 heterocycles. The summed E-state index contributed by atoms with van der Waals surface area (Å²) in [6, 6.07) is 13.6. The van der Waals surface area contributed by atoms with Crippen molar-refractivity contribution >= 4 is 28.6 Å². The van der Waals surface area contributed by atoms with Crippen LogP contribution in [0, 0.1) is 0 Å². The number of thioether (sulfide) groups is 1. The number of amides is 1. The molecule has 1 N–H and O–H groups in total. The number of ether oxygens (including phenoxy) is 2. The number of hydrogen-bond donors (Lipinski definition) is 1. The number of aromatic nitrogens is 2. The van der Waals surface area contributed by atoms with Gasteiger partial charge in [0.1, 0.15) is 10.9 Å². The maximum atomic E-state index is 12.7. The maximum absolute atomic E-state index is 12.7. The fourth-order valence-corrected chi connectivity index (χ4v) is 4.19. The van der Waals surface area contributed by atoms with E-state index in [-0.39, 0.29) is 11.2 Å². The average molecular weight is 424 g/mol. The standard InChI is InChI=1S/C23H25N3O3S/c1-14(22(27)24-13-15-8-11-19(28-2)20(12-15)29-3)30-23-17-6-4-5-7-18(17)25-21(26-23)16-9-10-16/h4-8,11-12,14,16H,9-10,13H2,1-3H3,(H,24,27). The summed E-state index contributed by atoms with van der Waals surface area (Å²) in [4.78, 5) is 22.2. The summed E-state index contributed by atoms with van der Waals surface area (Å²) in [5.74, 6) is 2.63. The highest BCUT2D eigenvalue weighted by Crippen LogP contribution is 2.40. The number of carbonyl (C=O) groups is 1. The number of para-hydroxylation sites is 1. The Morgan fingerprint density at radius 2 is 1.90 bits per heavy atom. The van der Waals surface area contributed by atoms with Crippen molar-refractivity contribution in [3.8, 4) is 11.5 Å². The minimum Gasteiger partial charge on any atom is -0.493 e. The molecule has 1 aliphatic rings. The Balaban J connectivity index is 1.45. The van der Waals surface area contributed by atoms with Gasteiger partial charge in [-0.2, -0.15) is 0 Å². The van der Waals surface area contributed by atoms with E-state index in [1.807, 2.05) is 49.4 Å². The molecule has 2 aromatic carbocycles. The van der Waals surface area contributed by atoms with Crippen molar-refractivity contribution in [2.24, 2.45) is 0 Å². The molecule has 0 radical (unpaired) electrons. The number of methoxy groups -OCH3 is 2. The molecule has 30 heavy (non-hydrogen) atoms. The number of nitrogens with one attached hydrogen (secondary N) is 1. The smallest absolute Gasteiger partial charge is 0.233 e. The second-order valence-electron chi connectivity index (χ2n) is 7.35. The number of benzene rings is 2. The Labute approximate surface area is 180 Å². The van der Waals surface area contributed by atoms with Crippen LogP contribution in [0.3, 0.4) is 0 Å². The molecule has 0 spiro atoms. The van der Waals surface area contributed by atoms with Crippen LogP contribution < -0.4 is 14.8 Å². The van der Waals surface area contributed by atoms with Gasteiger partial charge in [0, 0.05) is 17.8 Å². The number of fused-ring (bicyclic) bond motifs is 1. The van der Waals surface area contributed by atoms with Crippen LogP contribution in [0.5, 0.6) is 11.5 Å². The van der Waals surface area contributed by atoms with Gasteiger partial charge in [0.25, 0.3) is 0 Å². The first-order valence-electron chi connectivity index (χ1n) is 10.0. The molecular weight excluding hydrogens is 398 g/mol. The molecule has 1 amide bonds. The van der Waals surface area contributed by atoms with Crippen LogP contribution in [-0.4, -0.2) is 35.3 Å². The topological polar surface area (TPSA) is 73.3 Å². The molecule has 0 saturated heterocycles. The van der Waals surface area contributed by atoms with Crippen LogP contribution in [0.15, 0.2) is 47.5 Å². The van der Waals surface area contributed by atoms with Crippen LogP contribution in [0.2, 0.25) is 0 Å². The molecule has 1 aliphatic carbocycles. The third-order valence-electron chi connectivity index (χ3n) is 5.10. The molecule has 0 aliphatic heterocycles. The van der Waals surface area contributed by atoms with Gasteiger partial charge in [0.2, 0.25) is 5.91 Å². The van der Waals surface area contributed by atoms with Gasteiger partial charge in [0.05, 0.1) is 25.0 Å². The van der Waals surface area contributed by atoms with Crippen LogP contribution in [0.4, 0.5) is 0 Å². The predicted molar refractivity (Wildman–Crippen MR) is 118 cm³/mol. The highest BCUT2D eigenvalue weighted by Gasteiger charge is 2.28. The third kappa shape index (κ3) is 4.51. The van der Waals surface area contributed by atoms with Gasteiger partial charge >= 0.3 is 0 Å². The SMILES string of the molecule is COc1ccc(CNC(=O)C(C)Sc2nc(C3CC3)nc3ccccc23)cc1OC. The van der Waals surface area contributed by atoms with E-state index in [0.29, 0.717) is 24.0 Å². The highest BCUT2D eigenvalue weighted by molar-refractivity contribution is 8.00. The van der Waals surface area contributed by atoms with Crippen LogP contribution in [0.1, 0.15) is 37.1 Å². The monoisotopic (exact) mass is 423 g/mol. The zero-order valence-electron chi connectivity index (χ0n) is 17.3. The van der Waals surface area contributed by atoms with Crippen molar-refractivity contribution in [3.05, 3.63) is 53.9 Å². The third-order valence-corrected chi connectivity index (χ3v) is 6.20. The molecule has 1 saturated carbocycles. The minimum absolute atomic E-state index is 0.0366. The molecule has 6 nitrogen and oxygen atoms in total. The van der Waals surface area contributed by atoms with Gasteiger partial charge in [-0.3, -0.25) is 4.79 Å². The summed E-state index contributed by atoms with van der Waals surface area (Å²) < 4.78 is 10.6. The summed E-state index contributed by atoms with van der Waals surface area (Å²) in [5.41, 5.74) is 1.89. The lowest BCUT2D eigenvalue weighted by Gasteiger charge is -2.14. The molecule has 156 valence electrons. The molecule has 1 atom stereocenters. The second kappa shape index (κ2) is 8.92. The zero-order chi connectivity index (χ0) is 21.1. The van der Waals surface area contributed by atoms with E-state index in [1.165, 1.54) is 11.8 Å². The van der Waals surface area contributed by atoms with E-state index in [9.17, 15) is 4.79 Å². The largest absolute Gasteiger partial charge is 0.493 e. The predicted octanol–water partition coefficient (Wildman–Crippen LogP) is 4.32. The Morgan fingerprint density at radius 1 is 1.13 bits per heavy atom. The highest BCUT2D eigenvalue weighted by atomic mass is 32.2. The molecule has 1 aromatic heterocycles. The van der Waals surface area contributed by atoms with Gasteiger partial charge in [-0.15, -0.1) is 0 Å². The van der Waals surface area contributed by atoms with Gasteiger partial charge in [-0.1, -0.05) is 36.0 Å². The lowest BCUT2D eigenvalue weighted by atomic mass is 10.2. The zero-order valence-corrected chi connectivity index (χ0v) is 18.2. The van der Waals surface area contributed by atoms with E-state index in [1.54, 1.807) is 14.2 Å². The van der Waals surface area contributed by atoms with Gasteiger partial charge in [-0.05, 0) is 43.5 Å². The number of rotatable bonds is 8. The molecule has 1 unspecified atom stereocenters. The van der Waals surface area contributed by atoms with E-state index in [4.69, 9.17) is 19.4 Å². The minimum atomic E-state index is -0.282. The Kier molecular flexibility index (Phi) is 6.08. The molecule has 0 bridgehead atoms. The first-order valence-corrected chi connectivity index (χ1v) is 10.9. The van der Waals surface area contributed by atoms with Crippen LogP contribution in [-0.2, 0) is 11.3 Å². The fraction of sp³-hybridized carbons (Fsp3) is 0.348. The fourth-order valence-electron chi connectivity index (χ4n) is 3.22. The van der Waals surface area contributed by atoms with Crippen LogP contribution >= 0.6 is 11.8 Å². The summed E-state index contributed by atoms with van der Waals surface area (Å²) in [7, 11) is 3.20. The van der Waals surface area contributed by atoms with Gasteiger partial charge < -0.3 is 14.8 Å². The van der Waals surface area contributed by atoms with Crippen molar-refractivity contribution in [3.63, 3.8) is 0 Å². The summed E-state index contributed by atoms with van der Waals surface area (Å²) in [6.45, 7) is 2.32. The van der Waals surface area contributed by atoms with E-state index in [0.717, 1.165) is 40.2 Å². The first-order chi connectivity index (χ1) is 14.6. The Hall–Kier alpha value is -2.80. The van der Waals surface area contributed by atoms with E-state index >= 15 is 0 Å². The summed E-state index contributed by atoms with van der Waals surface area (Å²) >= 11 is 1.48. The number of carbonyl (C=O) groups excluding carboxylic acids is 1. The molecule has 3 aromatic rings. The van der Waals surface area contributed by atoms with E-state index in [2.05, 4.69) is 5.32 Å². The van der Waals surface area contributed by atoms with Crippen molar-refractivity contribution in [1.82, 2.24) is 15.3 Å². The molecule has 7 heteroatoms. The molecule has 4 rings (SSSR count). The first kappa shape index (κ1) is 20.5. The lowest BCUT2D eigenvalue weighted by molar-refractivity contribution is -0.120. The summed E-state index contributed by atoms with van der Waals surface area (Å²) in [5, 5.41) is 4.59. The molecular formula is C23H25N3O3S. The van der Waals surface area contributed by atoms with E-state index < -0.39 is 0 Å². The van der Waals surface area contributed by atoms with Gasteiger partial charge in [0.15, 0.2) is 11.5 Å². The quantitative estimate of drug-likeness (QED) is 0.430. The lowest BCUT2D eigenvalue weighted by Crippen LogP contribution is -2.30. The average Bonchev–Trinajstić information content (AvgIpc) is 3.62. The maximum Gasteiger partial charge on any atom is 0.233 e. The van der Waals surface area contributed by atoms with Crippen LogP contribution in [0.25, 0.3) is 10.9 Å².